The van der Waals surface area contributed by atoms with E-state index in [0.29, 0.717) is 5.56 Å². The molecule has 0 bridgehead atoms. The number of sulfonamides is 1. The summed E-state index contributed by atoms with van der Waals surface area (Å²) in [6.45, 7) is 3.04. The second-order valence-electron chi connectivity index (χ2n) is 7.30. The summed E-state index contributed by atoms with van der Waals surface area (Å²) < 4.78 is 45.4. The smallest absolute Gasteiger partial charge is 0.296 e. The van der Waals surface area contributed by atoms with Crippen molar-refractivity contribution in [2.45, 2.75) is 25.8 Å². The molecule has 3 aromatic rings. The van der Waals surface area contributed by atoms with Crippen molar-refractivity contribution in [2.75, 3.05) is 6.26 Å². The minimum atomic E-state index is -3.63. The Balaban J connectivity index is 2.02. The fourth-order valence-corrected chi connectivity index (χ4v) is 4.02. The van der Waals surface area contributed by atoms with Crippen LogP contribution >= 0.6 is 0 Å². The zero-order valence-electron chi connectivity index (χ0n) is 16.7. The van der Waals surface area contributed by atoms with Crippen LogP contribution in [-0.4, -0.2) is 39.5 Å². The second kappa shape index (κ2) is 7.61. The molecule has 30 heavy (non-hydrogen) atoms. The lowest BCUT2D eigenvalue weighted by Crippen LogP contribution is -2.44. The number of aromatic nitrogens is 4. The van der Waals surface area contributed by atoms with E-state index in [0.717, 1.165) is 10.8 Å². The summed E-state index contributed by atoms with van der Waals surface area (Å²) >= 11 is 0. The Hall–Kier alpha value is -3.12. The van der Waals surface area contributed by atoms with Crippen LogP contribution < -0.4 is 10.3 Å². The van der Waals surface area contributed by atoms with Crippen molar-refractivity contribution in [3.63, 3.8) is 0 Å². The standard InChI is InChI=1S/C18H20FN5O5S/c1-18(2,23-30(4,27)28)17-20-13(14(25)16(26)24(17)3)15-22-21-12(29-15)9-10-5-7-11(19)8-6-10/h5-8,23,25H,9H2,1-4H3. The number of halogens is 1. The van der Waals surface area contributed by atoms with E-state index in [4.69, 9.17) is 4.42 Å². The molecule has 0 aliphatic rings. The third kappa shape index (κ3) is 4.54. The normalized spacial score (nSPS) is 12.3. The molecule has 0 aliphatic heterocycles. The fourth-order valence-electron chi connectivity index (χ4n) is 3.01. The molecule has 160 valence electrons. The lowest BCUT2D eigenvalue weighted by Gasteiger charge is -2.26. The summed E-state index contributed by atoms with van der Waals surface area (Å²) in [4.78, 5) is 16.7. The van der Waals surface area contributed by atoms with E-state index in [1.807, 2.05) is 0 Å². The maximum atomic E-state index is 13.0. The lowest BCUT2D eigenvalue weighted by molar-refractivity contribution is 0.407. The van der Waals surface area contributed by atoms with Gasteiger partial charge < -0.3 is 9.52 Å². The topological polar surface area (TPSA) is 140 Å². The van der Waals surface area contributed by atoms with Gasteiger partial charge in [-0.2, -0.15) is 0 Å². The van der Waals surface area contributed by atoms with Crippen molar-refractivity contribution < 1.29 is 22.3 Å². The largest absolute Gasteiger partial charge is 0.501 e. The van der Waals surface area contributed by atoms with Crippen molar-refractivity contribution in [3.8, 4) is 17.3 Å². The highest BCUT2D eigenvalue weighted by Crippen LogP contribution is 2.27. The fraction of sp³-hybridized carbons (Fsp3) is 0.333. The molecule has 10 nitrogen and oxygen atoms in total. The number of hydrogen-bond acceptors (Lipinski definition) is 8. The molecule has 1 aromatic carbocycles. The van der Waals surface area contributed by atoms with Crippen LogP contribution in [0.15, 0.2) is 33.5 Å². The van der Waals surface area contributed by atoms with Crippen LogP contribution in [-0.2, 0) is 29.0 Å². The lowest BCUT2D eigenvalue weighted by atomic mass is 10.1. The van der Waals surface area contributed by atoms with Gasteiger partial charge in [0, 0.05) is 7.05 Å². The Morgan fingerprint density at radius 3 is 2.47 bits per heavy atom. The van der Waals surface area contributed by atoms with E-state index in [-0.39, 0.29) is 35.5 Å². The van der Waals surface area contributed by atoms with Crippen molar-refractivity contribution in [3.05, 3.63) is 57.7 Å². The Morgan fingerprint density at radius 2 is 1.87 bits per heavy atom. The van der Waals surface area contributed by atoms with Crippen molar-refractivity contribution in [1.29, 1.82) is 0 Å². The van der Waals surface area contributed by atoms with Gasteiger partial charge in [-0.15, -0.1) is 10.2 Å². The first-order valence-corrected chi connectivity index (χ1v) is 10.6. The molecule has 0 saturated heterocycles. The Bertz CT molecular complexity index is 1250. The van der Waals surface area contributed by atoms with Gasteiger partial charge in [0.15, 0.2) is 5.69 Å². The minimum absolute atomic E-state index is 0.0315. The number of hydrogen-bond donors (Lipinski definition) is 2. The van der Waals surface area contributed by atoms with Gasteiger partial charge in [0.1, 0.15) is 11.6 Å². The third-order valence-electron chi connectivity index (χ3n) is 4.20. The highest BCUT2D eigenvalue weighted by Gasteiger charge is 2.32. The van der Waals surface area contributed by atoms with Gasteiger partial charge in [0.2, 0.25) is 21.7 Å². The van der Waals surface area contributed by atoms with E-state index >= 15 is 0 Å². The number of nitrogens with zero attached hydrogens (tertiary/aromatic N) is 4. The Morgan fingerprint density at radius 1 is 1.23 bits per heavy atom. The molecule has 0 fully saturated rings. The van der Waals surface area contributed by atoms with Crippen molar-refractivity contribution in [1.82, 2.24) is 24.5 Å². The third-order valence-corrected chi connectivity index (χ3v) is 5.09. The predicted octanol–water partition coefficient (Wildman–Crippen LogP) is 1.05. The van der Waals surface area contributed by atoms with Crippen LogP contribution in [0.3, 0.4) is 0 Å². The van der Waals surface area contributed by atoms with Crippen LogP contribution in [0, 0.1) is 5.82 Å². The van der Waals surface area contributed by atoms with E-state index < -0.39 is 26.9 Å². The van der Waals surface area contributed by atoms with E-state index in [2.05, 4.69) is 19.9 Å². The number of aromatic hydroxyl groups is 1. The monoisotopic (exact) mass is 437 g/mol. The van der Waals surface area contributed by atoms with Gasteiger partial charge in [0.05, 0.1) is 18.2 Å². The average Bonchev–Trinajstić information content (AvgIpc) is 3.08. The molecule has 0 aliphatic carbocycles. The van der Waals surface area contributed by atoms with Crippen molar-refractivity contribution >= 4 is 10.0 Å². The first-order valence-electron chi connectivity index (χ1n) is 8.74. The van der Waals surface area contributed by atoms with Crippen LogP contribution in [0.4, 0.5) is 4.39 Å². The predicted molar refractivity (Wildman–Crippen MR) is 105 cm³/mol. The number of nitrogens with one attached hydrogen (secondary N) is 1. The zero-order valence-corrected chi connectivity index (χ0v) is 17.5. The highest BCUT2D eigenvalue weighted by molar-refractivity contribution is 7.88. The van der Waals surface area contributed by atoms with Crippen LogP contribution in [0.1, 0.15) is 31.1 Å². The second-order valence-corrected chi connectivity index (χ2v) is 9.05. The van der Waals surface area contributed by atoms with Crippen LogP contribution in [0.2, 0.25) is 0 Å². The molecule has 0 amide bonds. The molecule has 0 atom stereocenters. The molecule has 3 rings (SSSR count). The summed E-state index contributed by atoms with van der Waals surface area (Å²) in [6.07, 6.45) is 1.18. The van der Waals surface area contributed by atoms with Crippen LogP contribution in [0.25, 0.3) is 11.6 Å². The Labute approximate surface area is 171 Å². The number of benzene rings is 1. The van der Waals surface area contributed by atoms with Gasteiger partial charge in [-0.1, -0.05) is 12.1 Å². The van der Waals surface area contributed by atoms with Crippen molar-refractivity contribution in [2.24, 2.45) is 7.05 Å². The van der Waals surface area contributed by atoms with Gasteiger partial charge in [0.25, 0.3) is 11.4 Å². The van der Waals surface area contributed by atoms with Gasteiger partial charge in [-0.3, -0.25) is 9.36 Å². The first-order chi connectivity index (χ1) is 13.9. The summed E-state index contributed by atoms with van der Waals surface area (Å²) in [5, 5.41) is 18.0. The maximum Gasteiger partial charge on any atom is 0.296 e. The molecule has 12 heteroatoms. The zero-order chi connectivity index (χ0) is 22.3. The average molecular weight is 437 g/mol. The molecule has 2 N–H and O–H groups in total. The quantitative estimate of drug-likeness (QED) is 0.583. The maximum absolute atomic E-state index is 13.0. The molecule has 2 aromatic heterocycles. The van der Waals surface area contributed by atoms with Gasteiger partial charge in [-0.05, 0) is 31.5 Å². The summed E-state index contributed by atoms with van der Waals surface area (Å²) in [5.74, 6) is -1.11. The van der Waals surface area contributed by atoms with Gasteiger partial charge in [-0.25, -0.2) is 22.5 Å². The molecular formula is C18H20FN5O5S. The van der Waals surface area contributed by atoms with E-state index in [1.54, 1.807) is 12.1 Å². The molecule has 0 saturated carbocycles. The highest BCUT2D eigenvalue weighted by atomic mass is 32.2. The summed E-state index contributed by atoms with van der Waals surface area (Å²) in [7, 11) is -2.27. The molecule has 2 heterocycles. The molecular weight excluding hydrogens is 417 g/mol. The van der Waals surface area contributed by atoms with Crippen LogP contribution in [0.5, 0.6) is 5.75 Å². The Kier molecular flexibility index (Phi) is 5.48. The number of rotatable bonds is 6. The summed E-state index contributed by atoms with van der Waals surface area (Å²) in [5.41, 5.74) is -1.64. The molecule has 0 radical (unpaired) electrons. The molecule has 0 spiro atoms. The first kappa shape index (κ1) is 21.6. The van der Waals surface area contributed by atoms with Gasteiger partial charge >= 0.3 is 0 Å². The van der Waals surface area contributed by atoms with E-state index in [9.17, 15) is 22.7 Å². The van der Waals surface area contributed by atoms with E-state index in [1.165, 1.54) is 33.0 Å². The SMILES string of the molecule is Cn1c(C(C)(C)NS(C)(=O)=O)nc(-c2nnc(Cc3ccc(F)cc3)o2)c(O)c1=O. The summed E-state index contributed by atoms with van der Waals surface area (Å²) in [6, 6.07) is 5.71. The molecule has 0 unspecified atom stereocenters. The minimum Gasteiger partial charge on any atom is -0.501 e.